The molecule has 1 radical (unpaired) electrons. The van der Waals surface area contributed by atoms with Gasteiger partial charge in [0.1, 0.15) is 0 Å². The van der Waals surface area contributed by atoms with Gasteiger partial charge in [-0.2, -0.15) is 0 Å². The Morgan fingerprint density at radius 1 is 1.88 bits per heavy atom. The number of nitrogens with zero attached hydrogens (tertiary/aromatic N) is 1. The van der Waals surface area contributed by atoms with E-state index in [1.54, 1.807) is 6.20 Å². The van der Waals surface area contributed by atoms with Crippen LogP contribution in [0.25, 0.3) is 0 Å². The van der Waals surface area contributed by atoms with E-state index in [2.05, 4.69) is 9.97 Å². The summed E-state index contributed by atoms with van der Waals surface area (Å²) in [5, 5.41) is 0.443. The van der Waals surface area contributed by atoms with Gasteiger partial charge >= 0.3 is 0 Å². The SMILES string of the molecule is C[CH]c1cnc(Cl)[nH]1. The maximum Gasteiger partial charge on any atom is 0.200 e. The first-order valence-corrected chi connectivity index (χ1v) is 2.70. The molecule has 0 aliphatic rings. The molecule has 0 saturated heterocycles. The van der Waals surface area contributed by atoms with Crippen molar-refractivity contribution in [1.82, 2.24) is 9.97 Å². The van der Waals surface area contributed by atoms with Gasteiger partial charge in [0.15, 0.2) is 5.28 Å². The van der Waals surface area contributed by atoms with Crippen molar-refractivity contribution >= 4 is 11.6 Å². The monoisotopic (exact) mass is 129 g/mol. The lowest BCUT2D eigenvalue weighted by molar-refractivity contribution is 1.25. The molecule has 0 aliphatic carbocycles. The Labute approximate surface area is 52.9 Å². The zero-order chi connectivity index (χ0) is 5.98. The van der Waals surface area contributed by atoms with Crippen molar-refractivity contribution in [3.05, 3.63) is 23.6 Å². The Balaban J connectivity index is 2.84. The largest absolute Gasteiger partial charge is 0.332 e. The number of hydrogen-bond acceptors (Lipinski definition) is 1. The number of halogens is 1. The third kappa shape index (κ3) is 1.01. The molecule has 1 aromatic rings. The highest BCUT2D eigenvalue weighted by atomic mass is 35.5. The quantitative estimate of drug-likeness (QED) is 0.614. The molecule has 0 bridgehead atoms. The molecular formula is C5H6ClN2. The van der Waals surface area contributed by atoms with Crippen molar-refractivity contribution in [3.63, 3.8) is 0 Å². The molecule has 0 spiro atoms. The summed E-state index contributed by atoms with van der Waals surface area (Å²) in [4.78, 5) is 6.59. The maximum atomic E-state index is 5.45. The first-order valence-electron chi connectivity index (χ1n) is 2.33. The average molecular weight is 130 g/mol. The van der Waals surface area contributed by atoms with Gasteiger partial charge in [0, 0.05) is 18.3 Å². The van der Waals surface area contributed by atoms with Crippen LogP contribution in [0.4, 0.5) is 0 Å². The van der Waals surface area contributed by atoms with Crippen LogP contribution < -0.4 is 0 Å². The molecule has 43 valence electrons. The number of aromatic amines is 1. The van der Waals surface area contributed by atoms with E-state index in [1.165, 1.54) is 0 Å². The first-order chi connectivity index (χ1) is 3.83. The van der Waals surface area contributed by atoms with Gasteiger partial charge in [-0.15, -0.1) is 0 Å². The summed E-state index contributed by atoms with van der Waals surface area (Å²) in [5.74, 6) is 0. The molecule has 8 heavy (non-hydrogen) atoms. The third-order valence-electron chi connectivity index (χ3n) is 0.875. The van der Waals surface area contributed by atoms with Crippen LogP contribution in [0.3, 0.4) is 0 Å². The van der Waals surface area contributed by atoms with Crippen LogP contribution in [0.15, 0.2) is 6.20 Å². The standard InChI is InChI=1S/C5H6ClN2/c1-2-4-3-7-5(6)8-4/h2-3H,1H3,(H,7,8). The van der Waals surface area contributed by atoms with Crippen LogP contribution >= 0.6 is 11.6 Å². The topological polar surface area (TPSA) is 28.7 Å². The molecule has 1 rings (SSSR count). The Kier molecular flexibility index (Phi) is 1.53. The van der Waals surface area contributed by atoms with Crippen LogP contribution in [0.2, 0.25) is 5.28 Å². The van der Waals surface area contributed by atoms with Crippen molar-refractivity contribution in [2.45, 2.75) is 6.92 Å². The minimum absolute atomic E-state index is 0.443. The van der Waals surface area contributed by atoms with Crippen LogP contribution in [-0.2, 0) is 0 Å². The Morgan fingerprint density at radius 2 is 2.62 bits per heavy atom. The van der Waals surface area contributed by atoms with Crippen LogP contribution in [0, 0.1) is 6.42 Å². The van der Waals surface area contributed by atoms with Gasteiger partial charge in [-0.3, -0.25) is 0 Å². The number of aromatic nitrogens is 2. The Morgan fingerprint density at radius 3 is 2.88 bits per heavy atom. The first kappa shape index (κ1) is 5.63. The number of imidazole rings is 1. The molecule has 1 N–H and O–H groups in total. The van der Waals surface area contributed by atoms with Gasteiger partial charge in [-0.1, -0.05) is 6.92 Å². The number of rotatable bonds is 1. The summed E-state index contributed by atoms with van der Waals surface area (Å²) < 4.78 is 0. The van der Waals surface area contributed by atoms with E-state index in [-0.39, 0.29) is 0 Å². The van der Waals surface area contributed by atoms with Crippen LogP contribution in [0.1, 0.15) is 12.6 Å². The maximum absolute atomic E-state index is 5.45. The van der Waals surface area contributed by atoms with E-state index in [0.717, 1.165) is 5.69 Å². The lowest BCUT2D eigenvalue weighted by Gasteiger charge is -1.80. The molecule has 1 heterocycles. The van der Waals surface area contributed by atoms with Crippen molar-refractivity contribution in [2.75, 3.05) is 0 Å². The summed E-state index contributed by atoms with van der Waals surface area (Å²) >= 11 is 5.45. The van der Waals surface area contributed by atoms with Crippen molar-refractivity contribution in [3.8, 4) is 0 Å². The molecular weight excluding hydrogens is 124 g/mol. The predicted molar refractivity (Wildman–Crippen MR) is 32.7 cm³/mol. The van der Waals surface area contributed by atoms with Gasteiger partial charge in [0.05, 0.1) is 0 Å². The second kappa shape index (κ2) is 2.18. The van der Waals surface area contributed by atoms with Crippen LogP contribution in [0.5, 0.6) is 0 Å². The van der Waals surface area contributed by atoms with Gasteiger partial charge in [0.25, 0.3) is 0 Å². The molecule has 3 heteroatoms. The fourth-order valence-corrected chi connectivity index (χ4v) is 0.614. The van der Waals surface area contributed by atoms with E-state index in [1.807, 2.05) is 13.3 Å². The highest BCUT2D eigenvalue weighted by Crippen LogP contribution is 2.02. The Bertz CT molecular complexity index is 171. The average Bonchev–Trinajstić information content (AvgIpc) is 2.14. The highest BCUT2D eigenvalue weighted by molar-refractivity contribution is 6.28. The lowest BCUT2D eigenvalue weighted by Crippen LogP contribution is -1.71. The molecule has 1 aromatic heterocycles. The summed E-state index contributed by atoms with van der Waals surface area (Å²) in [6.45, 7) is 1.92. The summed E-state index contributed by atoms with van der Waals surface area (Å²) in [7, 11) is 0. The van der Waals surface area contributed by atoms with Gasteiger partial charge in [-0.05, 0) is 11.6 Å². The fourth-order valence-electron chi connectivity index (χ4n) is 0.457. The smallest absolute Gasteiger partial charge is 0.200 e. The third-order valence-corrected chi connectivity index (χ3v) is 1.07. The minimum atomic E-state index is 0.443. The van der Waals surface area contributed by atoms with E-state index in [9.17, 15) is 0 Å². The number of H-pyrrole nitrogens is 1. The second-order valence-corrected chi connectivity index (χ2v) is 1.78. The van der Waals surface area contributed by atoms with E-state index >= 15 is 0 Å². The normalized spacial score (nSPS) is 9.75. The molecule has 0 unspecified atom stereocenters. The van der Waals surface area contributed by atoms with Gasteiger partial charge in [-0.25, -0.2) is 4.98 Å². The minimum Gasteiger partial charge on any atom is -0.332 e. The van der Waals surface area contributed by atoms with E-state index in [4.69, 9.17) is 11.6 Å². The van der Waals surface area contributed by atoms with Crippen LogP contribution in [-0.4, -0.2) is 9.97 Å². The summed E-state index contributed by atoms with van der Waals surface area (Å²) in [6, 6.07) is 0. The summed E-state index contributed by atoms with van der Waals surface area (Å²) in [6.07, 6.45) is 3.58. The van der Waals surface area contributed by atoms with Crippen molar-refractivity contribution in [1.29, 1.82) is 0 Å². The molecule has 0 saturated carbocycles. The van der Waals surface area contributed by atoms with Gasteiger partial charge in [0.2, 0.25) is 0 Å². The molecule has 0 aliphatic heterocycles. The fraction of sp³-hybridized carbons (Fsp3) is 0.200. The lowest BCUT2D eigenvalue weighted by atomic mass is 10.4. The summed E-state index contributed by atoms with van der Waals surface area (Å²) in [5.41, 5.74) is 0.954. The molecule has 0 fully saturated rings. The molecule has 0 atom stereocenters. The number of hydrogen-bond donors (Lipinski definition) is 1. The van der Waals surface area contributed by atoms with Crippen molar-refractivity contribution < 1.29 is 0 Å². The zero-order valence-corrected chi connectivity index (χ0v) is 5.24. The highest BCUT2D eigenvalue weighted by Gasteiger charge is 1.91. The van der Waals surface area contributed by atoms with Crippen molar-refractivity contribution in [2.24, 2.45) is 0 Å². The molecule has 0 amide bonds. The number of nitrogens with one attached hydrogen (secondary N) is 1. The second-order valence-electron chi connectivity index (χ2n) is 1.42. The molecule has 2 nitrogen and oxygen atoms in total. The van der Waals surface area contributed by atoms with E-state index < -0.39 is 0 Å². The van der Waals surface area contributed by atoms with Gasteiger partial charge < -0.3 is 4.98 Å². The predicted octanol–water partition coefficient (Wildman–Crippen LogP) is 1.64. The zero-order valence-electron chi connectivity index (χ0n) is 4.48. The Hall–Kier alpha value is -0.500. The molecule has 0 aromatic carbocycles. The van der Waals surface area contributed by atoms with E-state index in [0.29, 0.717) is 5.28 Å².